The van der Waals surface area contributed by atoms with Gasteiger partial charge in [0, 0.05) is 11.1 Å². The Balaban J connectivity index is 2.02. The largest absolute Gasteiger partial charge is 0.507 e. The van der Waals surface area contributed by atoms with Crippen molar-refractivity contribution in [1.82, 2.24) is 10.1 Å². The second kappa shape index (κ2) is 5.09. The number of hydrogen-bond donors (Lipinski definition) is 1. The molecule has 3 rings (SSSR count). The highest BCUT2D eigenvalue weighted by Gasteiger charge is 2.13. The molecule has 0 aliphatic rings. The van der Waals surface area contributed by atoms with Gasteiger partial charge < -0.3 is 9.63 Å². The van der Waals surface area contributed by atoms with Gasteiger partial charge in [-0.15, -0.1) is 0 Å². The monoisotopic (exact) mass is 330 g/mol. The van der Waals surface area contributed by atoms with Gasteiger partial charge in [-0.05, 0) is 46.6 Å². The van der Waals surface area contributed by atoms with Crippen LogP contribution in [0.5, 0.6) is 5.75 Å². The minimum Gasteiger partial charge on any atom is -0.507 e. The molecule has 20 heavy (non-hydrogen) atoms. The number of phenols is 1. The van der Waals surface area contributed by atoms with Gasteiger partial charge in [-0.25, -0.2) is 0 Å². The Labute approximate surface area is 124 Å². The standard InChI is InChI=1S/C15H11BrN2O2/c1-9-4-2-3-5-11(9)14-17-15(20-18-14)10-6-7-12(16)13(19)8-10/h2-8,19H,1H3. The van der Waals surface area contributed by atoms with E-state index in [0.29, 0.717) is 21.8 Å². The highest BCUT2D eigenvalue weighted by Crippen LogP contribution is 2.30. The van der Waals surface area contributed by atoms with Crippen LogP contribution >= 0.6 is 15.9 Å². The van der Waals surface area contributed by atoms with Crippen molar-refractivity contribution in [2.45, 2.75) is 6.92 Å². The van der Waals surface area contributed by atoms with Crippen LogP contribution in [0.4, 0.5) is 0 Å². The molecule has 0 spiro atoms. The van der Waals surface area contributed by atoms with Crippen molar-refractivity contribution in [3.05, 3.63) is 52.5 Å². The quantitative estimate of drug-likeness (QED) is 0.765. The average molecular weight is 331 g/mol. The molecule has 0 atom stereocenters. The van der Waals surface area contributed by atoms with Crippen molar-refractivity contribution in [3.8, 4) is 28.6 Å². The normalized spacial score (nSPS) is 10.7. The summed E-state index contributed by atoms with van der Waals surface area (Å²) in [4.78, 5) is 4.38. The number of halogens is 1. The number of aryl methyl sites for hydroxylation is 1. The van der Waals surface area contributed by atoms with Gasteiger partial charge in [0.1, 0.15) is 5.75 Å². The van der Waals surface area contributed by atoms with Crippen molar-refractivity contribution in [2.75, 3.05) is 0 Å². The van der Waals surface area contributed by atoms with E-state index in [2.05, 4.69) is 26.1 Å². The first kappa shape index (κ1) is 12.9. The zero-order valence-electron chi connectivity index (χ0n) is 10.7. The summed E-state index contributed by atoms with van der Waals surface area (Å²) in [6.07, 6.45) is 0. The molecule has 0 saturated heterocycles. The Kier molecular flexibility index (Phi) is 3.28. The molecular formula is C15H11BrN2O2. The number of phenolic OH excluding ortho intramolecular Hbond substituents is 1. The molecule has 0 fully saturated rings. The van der Waals surface area contributed by atoms with E-state index in [1.807, 2.05) is 31.2 Å². The lowest BCUT2D eigenvalue weighted by Gasteiger charge is -1.99. The Bertz CT molecular complexity index is 768. The average Bonchev–Trinajstić information content (AvgIpc) is 2.92. The number of aromatic hydroxyl groups is 1. The Morgan fingerprint density at radius 1 is 1.15 bits per heavy atom. The van der Waals surface area contributed by atoms with Gasteiger partial charge >= 0.3 is 0 Å². The first-order valence-electron chi connectivity index (χ1n) is 6.04. The fourth-order valence-corrected chi connectivity index (χ4v) is 2.17. The van der Waals surface area contributed by atoms with Crippen LogP contribution in [0.25, 0.3) is 22.8 Å². The van der Waals surface area contributed by atoms with E-state index in [4.69, 9.17) is 4.52 Å². The van der Waals surface area contributed by atoms with Gasteiger partial charge in [-0.2, -0.15) is 4.98 Å². The third kappa shape index (κ3) is 2.32. The summed E-state index contributed by atoms with van der Waals surface area (Å²) in [6, 6.07) is 13.0. The van der Waals surface area contributed by atoms with Crippen LogP contribution in [0.1, 0.15) is 5.56 Å². The third-order valence-corrected chi connectivity index (χ3v) is 3.68. The van der Waals surface area contributed by atoms with Gasteiger partial charge in [0.05, 0.1) is 4.47 Å². The molecule has 100 valence electrons. The molecular weight excluding hydrogens is 320 g/mol. The maximum atomic E-state index is 9.69. The second-order valence-electron chi connectivity index (χ2n) is 4.40. The predicted octanol–water partition coefficient (Wildman–Crippen LogP) is 4.18. The summed E-state index contributed by atoms with van der Waals surface area (Å²) >= 11 is 3.24. The Hall–Kier alpha value is -2.14. The smallest absolute Gasteiger partial charge is 0.258 e. The van der Waals surface area contributed by atoms with E-state index in [1.165, 1.54) is 0 Å². The maximum absolute atomic E-state index is 9.69. The molecule has 0 radical (unpaired) electrons. The summed E-state index contributed by atoms with van der Waals surface area (Å²) < 4.78 is 5.89. The number of benzene rings is 2. The SMILES string of the molecule is Cc1ccccc1-c1noc(-c2ccc(Br)c(O)c2)n1. The van der Waals surface area contributed by atoms with E-state index in [1.54, 1.807) is 18.2 Å². The molecule has 5 heteroatoms. The van der Waals surface area contributed by atoms with E-state index < -0.39 is 0 Å². The molecule has 0 bridgehead atoms. The van der Waals surface area contributed by atoms with Crippen molar-refractivity contribution in [2.24, 2.45) is 0 Å². The highest BCUT2D eigenvalue weighted by atomic mass is 79.9. The molecule has 0 amide bonds. The molecule has 1 heterocycles. The lowest BCUT2D eigenvalue weighted by Crippen LogP contribution is -1.85. The molecule has 0 saturated carbocycles. The molecule has 0 aliphatic carbocycles. The van der Waals surface area contributed by atoms with E-state index in [0.717, 1.165) is 11.1 Å². The Morgan fingerprint density at radius 2 is 1.95 bits per heavy atom. The van der Waals surface area contributed by atoms with Crippen LogP contribution < -0.4 is 0 Å². The maximum Gasteiger partial charge on any atom is 0.258 e. The van der Waals surface area contributed by atoms with Gasteiger partial charge in [-0.1, -0.05) is 29.4 Å². The zero-order chi connectivity index (χ0) is 14.1. The van der Waals surface area contributed by atoms with Crippen molar-refractivity contribution >= 4 is 15.9 Å². The van der Waals surface area contributed by atoms with Crippen molar-refractivity contribution < 1.29 is 9.63 Å². The van der Waals surface area contributed by atoms with Crippen LogP contribution in [0.2, 0.25) is 0 Å². The van der Waals surface area contributed by atoms with Crippen LogP contribution in [0.15, 0.2) is 51.5 Å². The number of aromatic nitrogens is 2. The minimum atomic E-state index is 0.137. The predicted molar refractivity (Wildman–Crippen MR) is 79.3 cm³/mol. The van der Waals surface area contributed by atoms with Crippen LogP contribution in [-0.2, 0) is 0 Å². The van der Waals surface area contributed by atoms with Gasteiger partial charge in [-0.3, -0.25) is 0 Å². The lowest BCUT2D eigenvalue weighted by atomic mass is 10.1. The van der Waals surface area contributed by atoms with Crippen molar-refractivity contribution in [1.29, 1.82) is 0 Å². The van der Waals surface area contributed by atoms with E-state index in [-0.39, 0.29) is 5.75 Å². The molecule has 0 unspecified atom stereocenters. The molecule has 3 aromatic rings. The summed E-state index contributed by atoms with van der Waals surface area (Å²) in [5.41, 5.74) is 2.69. The molecule has 2 aromatic carbocycles. The molecule has 4 nitrogen and oxygen atoms in total. The van der Waals surface area contributed by atoms with E-state index >= 15 is 0 Å². The van der Waals surface area contributed by atoms with Crippen LogP contribution in [0, 0.1) is 6.92 Å². The van der Waals surface area contributed by atoms with Gasteiger partial charge in [0.15, 0.2) is 0 Å². The number of nitrogens with zero attached hydrogens (tertiary/aromatic N) is 2. The van der Waals surface area contributed by atoms with Crippen LogP contribution in [-0.4, -0.2) is 15.2 Å². The summed E-state index contributed by atoms with van der Waals surface area (Å²) in [5, 5.41) is 13.7. The minimum absolute atomic E-state index is 0.137. The summed E-state index contributed by atoms with van der Waals surface area (Å²) in [5.74, 6) is 1.06. The fourth-order valence-electron chi connectivity index (χ4n) is 1.92. The second-order valence-corrected chi connectivity index (χ2v) is 5.26. The van der Waals surface area contributed by atoms with Crippen molar-refractivity contribution in [3.63, 3.8) is 0 Å². The van der Waals surface area contributed by atoms with Crippen LogP contribution in [0.3, 0.4) is 0 Å². The lowest BCUT2D eigenvalue weighted by molar-refractivity contribution is 0.431. The number of rotatable bonds is 2. The topological polar surface area (TPSA) is 59.2 Å². The summed E-state index contributed by atoms with van der Waals surface area (Å²) in [7, 11) is 0. The zero-order valence-corrected chi connectivity index (χ0v) is 12.3. The van der Waals surface area contributed by atoms with Gasteiger partial charge in [0.2, 0.25) is 5.82 Å². The third-order valence-electron chi connectivity index (χ3n) is 3.01. The summed E-state index contributed by atoms with van der Waals surface area (Å²) in [6.45, 7) is 2.00. The van der Waals surface area contributed by atoms with Gasteiger partial charge in [0.25, 0.3) is 5.89 Å². The highest BCUT2D eigenvalue weighted by molar-refractivity contribution is 9.10. The molecule has 1 N–H and O–H groups in total. The molecule has 0 aliphatic heterocycles. The fraction of sp³-hybridized carbons (Fsp3) is 0.0667. The van der Waals surface area contributed by atoms with E-state index in [9.17, 15) is 5.11 Å². The number of hydrogen-bond acceptors (Lipinski definition) is 4. The molecule has 1 aromatic heterocycles. The Morgan fingerprint density at radius 3 is 2.70 bits per heavy atom. The first-order chi connectivity index (χ1) is 9.65. The first-order valence-corrected chi connectivity index (χ1v) is 6.83.